The Labute approximate surface area is 119 Å². The van der Waals surface area contributed by atoms with Gasteiger partial charge in [0.1, 0.15) is 5.82 Å². The Balaban J connectivity index is 1.79. The fraction of sp³-hybridized carbons (Fsp3) is 0.692. The van der Waals surface area contributed by atoms with Gasteiger partial charge in [-0.3, -0.25) is 16.1 Å². The number of carbonyl (C=O) groups is 1. The summed E-state index contributed by atoms with van der Waals surface area (Å²) in [4.78, 5) is 18.4. The zero-order chi connectivity index (χ0) is 14.4. The second kappa shape index (κ2) is 7.37. The molecule has 1 aromatic heterocycles. The average molecular weight is 280 g/mol. The van der Waals surface area contributed by atoms with Crippen LogP contribution in [-0.4, -0.2) is 46.0 Å². The Morgan fingerprint density at radius 1 is 1.45 bits per heavy atom. The fourth-order valence-corrected chi connectivity index (χ4v) is 2.58. The first-order valence-corrected chi connectivity index (χ1v) is 7.18. The van der Waals surface area contributed by atoms with Gasteiger partial charge in [-0.25, -0.2) is 4.98 Å². The molecule has 0 aliphatic carbocycles. The molecule has 1 aromatic rings. The summed E-state index contributed by atoms with van der Waals surface area (Å²) in [7, 11) is 0. The summed E-state index contributed by atoms with van der Waals surface area (Å²) in [5.74, 6) is 6.55. The van der Waals surface area contributed by atoms with E-state index in [9.17, 15) is 4.79 Å². The number of hydrogen-bond donors (Lipinski definition) is 3. The Bertz CT molecular complexity index is 424. The van der Waals surface area contributed by atoms with Crippen LogP contribution in [0.15, 0.2) is 12.4 Å². The van der Waals surface area contributed by atoms with Gasteiger partial charge in [0.05, 0.1) is 0 Å². The van der Waals surface area contributed by atoms with E-state index in [1.165, 1.54) is 0 Å². The molecule has 0 saturated carbocycles. The van der Waals surface area contributed by atoms with Crippen LogP contribution in [0.25, 0.3) is 0 Å². The van der Waals surface area contributed by atoms with Crippen molar-refractivity contribution >= 4 is 5.91 Å². The van der Waals surface area contributed by atoms with Gasteiger partial charge >= 0.3 is 0 Å². The molecule has 0 atom stereocenters. The number of aryl methyl sites for hydroxylation is 1. The monoisotopic (exact) mass is 280 g/mol. The molecule has 1 aliphatic heterocycles. The van der Waals surface area contributed by atoms with Crippen LogP contribution >= 0.6 is 0 Å². The number of likely N-dealkylation sites (tertiary alicyclic amines) is 1. The molecule has 7 heteroatoms. The fourth-order valence-electron chi connectivity index (χ4n) is 2.58. The molecule has 20 heavy (non-hydrogen) atoms. The quantitative estimate of drug-likeness (QED) is 0.469. The van der Waals surface area contributed by atoms with Crippen LogP contribution in [0.5, 0.6) is 0 Å². The molecule has 0 aromatic carbocycles. The van der Waals surface area contributed by atoms with Crippen molar-refractivity contribution in [3.63, 3.8) is 0 Å². The lowest BCUT2D eigenvalue weighted by Gasteiger charge is -2.31. The highest BCUT2D eigenvalue weighted by atomic mass is 16.2. The Kier molecular flexibility index (Phi) is 5.51. The maximum atomic E-state index is 12.2. The highest BCUT2D eigenvalue weighted by Crippen LogP contribution is 2.12. The predicted molar refractivity (Wildman–Crippen MR) is 76.5 cm³/mol. The summed E-state index contributed by atoms with van der Waals surface area (Å²) in [5, 5.41) is 0. The highest BCUT2D eigenvalue weighted by molar-refractivity contribution is 5.76. The number of nitrogens with zero attached hydrogens (tertiary/aromatic N) is 3. The first-order valence-electron chi connectivity index (χ1n) is 7.18. The molecule has 1 saturated heterocycles. The molecule has 1 fully saturated rings. The van der Waals surface area contributed by atoms with E-state index in [1.54, 1.807) is 6.20 Å². The zero-order valence-corrected chi connectivity index (χ0v) is 11.8. The van der Waals surface area contributed by atoms with Crippen molar-refractivity contribution in [1.82, 2.24) is 19.9 Å². The van der Waals surface area contributed by atoms with E-state index in [0.29, 0.717) is 25.4 Å². The number of nitrogens with one attached hydrogen (secondary N) is 1. The van der Waals surface area contributed by atoms with Gasteiger partial charge in [-0.15, -0.1) is 0 Å². The Morgan fingerprint density at radius 2 is 2.20 bits per heavy atom. The van der Waals surface area contributed by atoms with Gasteiger partial charge in [0.15, 0.2) is 0 Å². The Morgan fingerprint density at radius 3 is 2.85 bits per heavy atom. The van der Waals surface area contributed by atoms with E-state index in [-0.39, 0.29) is 5.91 Å². The van der Waals surface area contributed by atoms with Gasteiger partial charge in [-0.1, -0.05) is 0 Å². The number of nitrogens with two attached hydrogens (primary N) is 2. The van der Waals surface area contributed by atoms with Gasteiger partial charge in [0.25, 0.3) is 0 Å². The molecule has 0 spiro atoms. The molecule has 2 heterocycles. The number of hydrazine groups is 1. The van der Waals surface area contributed by atoms with Crippen molar-refractivity contribution in [3.8, 4) is 0 Å². The minimum atomic E-state index is 0.197. The molecule has 7 nitrogen and oxygen atoms in total. The van der Waals surface area contributed by atoms with Crippen molar-refractivity contribution in [1.29, 1.82) is 0 Å². The maximum absolute atomic E-state index is 12.2. The summed E-state index contributed by atoms with van der Waals surface area (Å²) >= 11 is 0. The number of hydrogen-bond acceptors (Lipinski definition) is 5. The maximum Gasteiger partial charge on any atom is 0.223 e. The predicted octanol–water partition coefficient (Wildman–Crippen LogP) is -0.771. The third kappa shape index (κ3) is 3.78. The van der Waals surface area contributed by atoms with Crippen LogP contribution in [0.4, 0.5) is 0 Å². The lowest BCUT2D eigenvalue weighted by Crippen LogP contribution is -2.47. The minimum Gasteiger partial charge on any atom is -0.343 e. The zero-order valence-electron chi connectivity index (χ0n) is 11.8. The molecule has 1 amide bonds. The Hall–Kier alpha value is -1.44. The van der Waals surface area contributed by atoms with Crippen molar-refractivity contribution in [2.75, 3.05) is 19.6 Å². The first-order chi connectivity index (χ1) is 9.74. The van der Waals surface area contributed by atoms with E-state index in [4.69, 9.17) is 11.6 Å². The second-order valence-corrected chi connectivity index (χ2v) is 5.15. The lowest BCUT2D eigenvalue weighted by atomic mass is 10.1. The van der Waals surface area contributed by atoms with Gasteiger partial charge in [0, 0.05) is 57.5 Å². The number of aromatic nitrogens is 2. The summed E-state index contributed by atoms with van der Waals surface area (Å²) in [6.45, 7) is 2.89. The average Bonchev–Trinajstić information content (AvgIpc) is 2.92. The van der Waals surface area contributed by atoms with Gasteiger partial charge in [0.2, 0.25) is 5.91 Å². The van der Waals surface area contributed by atoms with Crippen molar-refractivity contribution < 1.29 is 4.79 Å². The SMILES string of the molecule is NCCn1ccnc1CCC(=O)N1CCC(NN)CC1. The van der Waals surface area contributed by atoms with E-state index in [2.05, 4.69) is 10.4 Å². The number of imidazole rings is 1. The van der Waals surface area contributed by atoms with Crippen molar-refractivity contribution in [2.24, 2.45) is 11.6 Å². The molecule has 2 rings (SSSR count). The number of amides is 1. The summed E-state index contributed by atoms with van der Waals surface area (Å²) in [6, 6.07) is 0.336. The van der Waals surface area contributed by atoms with E-state index in [0.717, 1.165) is 38.3 Å². The van der Waals surface area contributed by atoms with Crippen LogP contribution in [0.1, 0.15) is 25.1 Å². The minimum absolute atomic E-state index is 0.197. The molecule has 5 N–H and O–H groups in total. The van der Waals surface area contributed by atoms with Crippen LogP contribution in [0.2, 0.25) is 0 Å². The van der Waals surface area contributed by atoms with E-state index >= 15 is 0 Å². The molecule has 1 aliphatic rings. The largest absolute Gasteiger partial charge is 0.343 e. The second-order valence-electron chi connectivity index (χ2n) is 5.15. The first kappa shape index (κ1) is 15.0. The highest BCUT2D eigenvalue weighted by Gasteiger charge is 2.21. The topological polar surface area (TPSA) is 102 Å². The molecule has 112 valence electrons. The summed E-state index contributed by atoms with van der Waals surface area (Å²) in [5.41, 5.74) is 8.32. The van der Waals surface area contributed by atoms with Gasteiger partial charge in [-0.05, 0) is 12.8 Å². The number of carbonyl (C=O) groups excluding carboxylic acids is 1. The van der Waals surface area contributed by atoms with Crippen LogP contribution < -0.4 is 17.0 Å². The summed E-state index contributed by atoms with van der Waals surface area (Å²) < 4.78 is 2.01. The molecule has 0 unspecified atom stereocenters. The number of piperidine rings is 1. The summed E-state index contributed by atoms with van der Waals surface area (Å²) in [6.07, 6.45) is 6.68. The molecular formula is C13H24N6O. The number of rotatable bonds is 6. The lowest BCUT2D eigenvalue weighted by molar-refractivity contribution is -0.132. The molecule has 0 bridgehead atoms. The van der Waals surface area contributed by atoms with Gasteiger partial charge < -0.3 is 15.2 Å². The van der Waals surface area contributed by atoms with Crippen molar-refractivity contribution in [2.45, 2.75) is 38.3 Å². The normalized spacial score (nSPS) is 16.6. The third-order valence-corrected chi connectivity index (χ3v) is 3.82. The van der Waals surface area contributed by atoms with Crippen LogP contribution in [0, 0.1) is 0 Å². The van der Waals surface area contributed by atoms with Crippen LogP contribution in [0.3, 0.4) is 0 Å². The van der Waals surface area contributed by atoms with Gasteiger partial charge in [-0.2, -0.15) is 0 Å². The molecule has 0 radical (unpaired) electrons. The standard InChI is InChI=1S/C13H24N6O/c14-5-9-18-10-6-16-12(18)1-2-13(20)19-7-3-11(17-15)4-8-19/h6,10-11,17H,1-5,7-9,14-15H2. The molecular weight excluding hydrogens is 256 g/mol. The smallest absolute Gasteiger partial charge is 0.223 e. The third-order valence-electron chi connectivity index (χ3n) is 3.82. The van der Waals surface area contributed by atoms with E-state index in [1.807, 2.05) is 15.7 Å². The van der Waals surface area contributed by atoms with E-state index < -0.39 is 0 Å². The van der Waals surface area contributed by atoms with Crippen molar-refractivity contribution in [3.05, 3.63) is 18.2 Å². The van der Waals surface area contributed by atoms with Crippen LogP contribution in [-0.2, 0) is 17.8 Å².